The quantitative estimate of drug-likeness (QED) is 0.836. The Morgan fingerprint density at radius 2 is 2.00 bits per heavy atom. The van der Waals surface area contributed by atoms with Gasteiger partial charge in [0.25, 0.3) is 0 Å². The minimum atomic E-state index is 0.300. The van der Waals surface area contributed by atoms with Gasteiger partial charge in [-0.2, -0.15) is 5.26 Å². The molecule has 0 aliphatic heterocycles. The van der Waals surface area contributed by atoms with E-state index in [1.165, 1.54) is 0 Å². The standard InChI is InChI=1S/C13H14N4O2/c1-4-17-13(10(8-14)15-16-17)9-5-6-11(18-2)12(7-9)19-3/h5-7H,4H2,1-3H3. The largest absolute Gasteiger partial charge is 0.493 e. The van der Waals surface area contributed by atoms with Crippen molar-refractivity contribution < 1.29 is 9.47 Å². The molecular weight excluding hydrogens is 244 g/mol. The van der Waals surface area contributed by atoms with Crippen LogP contribution in [0.1, 0.15) is 12.6 Å². The summed E-state index contributed by atoms with van der Waals surface area (Å²) in [6.45, 7) is 2.58. The van der Waals surface area contributed by atoms with Gasteiger partial charge in [-0.3, -0.25) is 0 Å². The van der Waals surface area contributed by atoms with Crippen molar-refractivity contribution in [3.63, 3.8) is 0 Å². The molecule has 1 aromatic heterocycles. The first-order chi connectivity index (χ1) is 9.24. The topological polar surface area (TPSA) is 73.0 Å². The molecule has 1 heterocycles. The second-order valence-corrected chi connectivity index (χ2v) is 3.78. The number of aromatic nitrogens is 3. The Morgan fingerprint density at radius 3 is 2.58 bits per heavy atom. The number of hydrogen-bond donors (Lipinski definition) is 0. The summed E-state index contributed by atoms with van der Waals surface area (Å²) in [5.41, 5.74) is 1.81. The maximum Gasteiger partial charge on any atom is 0.190 e. The Morgan fingerprint density at radius 1 is 1.26 bits per heavy atom. The summed E-state index contributed by atoms with van der Waals surface area (Å²) in [6, 6.07) is 7.51. The number of benzene rings is 1. The van der Waals surface area contributed by atoms with Crippen LogP contribution in [-0.2, 0) is 6.54 Å². The van der Waals surface area contributed by atoms with Crippen molar-refractivity contribution in [1.82, 2.24) is 15.0 Å². The fraction of sp³-hybridized carbons (Fsp3) is 0.308. The van der Waals surface area contributed by atoms with E-state index < -0.39 is 0 Å². The lowest BCUT2D eigenvalue weighted by molar-refractivity contribution is 0.355. The number of aryl methyl sites for hydroxylation is 1. The van der Waals surface area contributed by atoms with E-state index in [2.05, 4.69) is 10.3 Å². The summed E-state index contributed by atoms with van der Waals surface area (Å²) in [5, 5.41) is 16.9. The molecule has 2 rings (SSSR count). The van der Waals surface area contributed by atoms with E-state index in [9.17, 15) is 0 Å². The highest BCUT2D eigenvalue weighted by atomic mass is 16.5. The van der Waals surface area contributed by atoms with Crippen molar-refractivity contribution in [2.24, 2.45) is 0 Å². The molecule has 0 fully saturated rings. The van der Waals surface area contributed by atoms with E-state index in [0.717, 1.165) is 5.56 Å². The Kier molecular flexibility index (Phi) is 3.66. The SMILES string of the molecule is CCn1nnc(C#N)c1-c1ccc(OC)c(OC)c1. The van der Waals surface area contributed by atoms with Crippen LogP contribution in [-0.4, -0.2) is 29.2 Å². The Balaban J connectivity index is 2.59. The van der Waals surface area contributed by atoms with Gasteiger partial charge in [0.15, 0.2) is 17.2 Å². The number of rotatable bonds is 4. The van der Waals surface area contributed by atoms with Gasteiger partial charge < -0.3 is 9.47 Å². The molecule has 0 aliphatic carbocycles. The first kappa shape index (κ1) is 12.9. The molecule has 0 bridgehead atoms. The van der Waals surface area contributed by atoms with E-state index in [4.69, 9.17) is 14.7 Å². The van der Waals surface area contributed by atoms with Crippen molar-refractivity contribution in [3.8, 4) is 28.8 Å². The van der Waals surface area contributed by atoms with Crippen molar-refractivity contribution in [2.45, 2.75) is 13.5 Å². The Bertz CT molecular complexity index is 628. The van der Waals surface area contributed by atoms with E-state index in [0.29, 0.717) is 29.4 Å². The third kappa shape index (κ3) is 2.22. The third-order valence-corrected chi connectivity index (χ3v) is 2.80. The van der Waals surface area contributed by atoms with Crippen molar-refractivity contribution in [1.29, 1.82) is 5.26 Å². The van der Waals surface area contributed by atoms with Gasteiger partial charge in [-0.15, -0.1) is 5.10 Å². The maximum atomic E-state index is 9.09. The predicted molar refractivity (Wildman–Crippen MR) is 69.0 cm³/mol. The summed E-state index contributed by atoms with van der Waals surface area (Å²) in [6.07, 6.45) is 0. The molecule has 2 aromatic rings. The van der Waals surface area contributed by atoms with Crippen molar-refractivity contribution in [3.05, 3.63) is 23.9 Å². The molecule has 0 atom stereocenters. The van der Waals surface area contributed by atoms with Gasteiger partial charge in [0, 0.05) is 12.1 Å². The molecule has 0 N–H and O–H groups in total. The van der Waals surface area contributed by atoms with Gasteiger partial charge in [-0.1, -0.05) is 5.21 Å². The van der Waals surface area contributed by atoms with Crippen LogP contribution >= 0.6 is 0 Å². The van der Waals surface area contributed by atoms with Crippen LogP contribution in [0.3, 0.4) is 0 Å². The molecule has 98 valence electrons. The first-order valence-corrected chi connectivity index (χ1v) is 5.81. The molecule has 6 heteroatoms. The van der Waals surface area contributed by atoms with Crippen molar-refractivity contribution in [2.75, 3.05) is 14.2 Å². The monoisotopic (exact) mass is 258 g/mol. The summed E-state index contributed by atoms with van der Waals surface area (Å²) in [7, 11) is 3.15. The Labute approximate surface area is 111 Å². The average Bonchev–Trinajstić information content (AvgIpc) is 2.89. The minimum absolute atomic E-state index is 0.300. The molecule has 0 spiro atoms. The van der Waals surface area contributed by atoms with Gasteiger partial charge in [0.05, 0.1) is 14.2 Å². The molecule has 0 unspecified atom stereocenters. The van der Waals surface area contributed by atoms with Gasteiger partial charge in [-0.05, 0) is 25.1 Å². The molecule has 0 radical (unpaired) electrons. The van der Waals surface area contributed by atoms with E-state index >= 15 is 0 Å². The number of nitrogens with zero attached hydrogens (tertiary/aromatic N) is 4. The zero-order chi connectivity index (χ0) is 13.8. The van der Waals surface area contributed by atoms with E-state index in [1.807, 2.05) is 25.1 Å². The molecule has 6 nitrogen and oxygen atoms in total. The van der Waals surface area contributed by atoms with Gasteiger partial charge in [-0.25, -0.2) is 4.68 Å². The molecule has 0 aliphatic rings. The number of methoxy groups -OCH3 is 2. The molecule has 0 saturated heterocycles. The van der Waals surface area contributed by atoms with Crippen LogP contribution in [0.4, 0.5) is 0 Å². The van der Waals surface area contributed by atoms with Crippen LogP contribution < -0.4 is 9.47 Å². The predicted octanol–water partition coefficient (Wildman–Crippen LogP) is 1.85. The summed E-state index contributed by atoms with van der Waals surface area (Å²) >= 11 is 0. The Hall–Kier alpha value is -2.55. The van der Waals surface area contributed by atoms with Crippen LogP contribution in [0, 0.1) is 11.3 Å². The molecule has 1 aromatic carbocycles. The van der Waals surface area contributed by atoms with Crippen LogP contribution in [0.15, 0.2) is 18.2 Å². The highest BCUT2D eigenvalue weighted by molar-refractivity contribution is 5.68. The molecule has 0 amide bonds. The highest BCUT2D eigenvalue weighted by Gasteiger charge is 2.15. The fourth-order valence-electron chi connectivity index (χ4n) is 1.88. The summed E-state index contributed by atoms with van der Waals surface area (Å²) in [4.78, 5) is 0. The zero-order valence-corrected chi connectivity index (χ0v) is 11.0. The van der Waals surface area contributed by atoms with Gasteiger partial charge in [0.1, 0.15) is 11.8 Å². The smallest absolute Gasteiger partial charge is 0.190 e. The fourth-order valence-corrected chi connectivity index (χ4v) is 1.88. The number of hydrogen-bond acceptors (Lipinski definition) is 5. The second kappa shape index (κ2) is 5.40. The highest BCUT2D eigenvalue weighted by Crippen LogP contribution is 2.32. The summed E-state index contributed by atoms with van der Waals surface area (Å²) < 4.78 is 12.1. The van der Waals surface area contributed by atoms with Crippen LogP contribution in [0.25, 0.3) is 11.3 Å². The number of ether oxygens (including phenoxy) is 2. The normalized spacial score (nSPS) is 10.0. The van der Waals surface area contributed by atoms with E-state index in [-0.39, 0.29) is 0 Å². The van der Waals surface area contributed by atoms with Crippen LogP contribution in [0.5, 0.6) is 11.5 Å². The number of nitriles is 1. The lowest BCUT2D eigenvalue weighted by atomic mass is 10.1. The minimum Gasteiger partial charge on any atom is -0.493 e. The third-order valence-electron chi connectivity index (χ3n) is 2.80. The second-order valence-electron chi connectivity index (χ2n) is 3.78. The molecular formula is C13H14N4O2. The van der Waals surface area contributed by atoms with Gasteiger partial charge in [0.2, 0.25) is 0 Å². The van der Waals surface area contributed by atoms with Gasteiger partial charge >= 0.3 is 0 Å². The molecule has 0 saturated carbocycles. The lowest BCUT2D eigenvalue weighted by Crippen LogP contribution is -2.00. The van der Waals surface area contributed by atoms with E-state index in [1.54, 1.807) is 25.0 Å². The first-order valence-electron chi connectivity index (χ1n) is 5.81. The molecule has 19 heavy (non-hydrogen) atoms. The van der Waals surface area contributed by atoms with Crippen molar-refractivity contribution >= 4 is 0 Å². The zero-order valence-electron chi connectivity index (χ0n) is 11.0. The maximum absolute atomic E-state index is 9.09. The average molecular weight is 258 g/mol. The summed E-state index contributed by atoms with van der Waals surface area (Å²) in [5.74, 6) is 1.24. The van der Waals surface area contributed by atoms with Crippen LogP contribution in [0.2, 0.25) is 0 Å². The lowest BCUT2D eigenvalue weighted by Gasteiger charge is -2.10.